The van der Waals surface area contributed by atoms with E-state index in [4.69, 9.17) is 5.11 Å². The summed E-state index contributed by atoms with van der Waals surface area (Å²) in [6.45, 7) is 10.5. The summed E-state index contributed by atoms with van der Waals surface area (Å²) in [5.41, 5.74) is 0. The van der Waals surface area contributed by atoms with Crippen molar-refractivity contribution < 1.29 is 5.11 Å². The zero-order chi connectivity index (χ0) is 12.0. The van der Waals surface area contributed by atoms with Crippen LogP contribution in [0.1, 0.15) is 40.0 Å². The average molecular weight is 228 g/mol. The van der Waals surface area contributed by atoms with Crippen molar-refractivity contribution in [2.75, 3.05) is 26.2 Å². The molecule has 1 rings (SSSR count). The Morgan fingerprint density at radius 1 is 1.44 bits per heavy atom. The lowest BCUT2D eigenvalue weighted by atomic mass is 10.0. The molecule has 3 heteroatoms. The normalized spacial score (nSPS) is 24.2. The Labute approximate surface area is 100 Å². The van der Waals surface area contributed by atoms with Crippen LogP contribution in [0.15, 0.2) is 0 Å². The van der Waals surface area contributed by atoms with E-state index in [1.807, 2.05) is 0 Å². The summed E-state index contributed by atoms with van der Waals surface area (Å²) in [7, 11) is 0. The van der Waals surface area contributed by atoms with E-state index in [-0.39, 0.29) is 0 Å². The Bertz CT molecular complexity index is 185. The van der Waals surface area contributed by atoms with Crippen molar-refractivity contribution in [3.8, 4) is 0 Å². The molecule has 1 saturated heterocycles. The highest BCUT2D eigenvalue weighted by Crippen LogP contribution is 2.13. The molecule has 3 nitrogen and oxygen atoms in total. The number of nitrogens with one attached hydrogen (secondary N) is 1. The first-order valence-corrected chi connectivity index (χ1v) is 6.75. The lowest BCUT2D eigenvalue weighted by molar-refractivity contribution is 0.244. The number of aliphatic hydroxyl groups excluding tert-OH is 1. The Hall–Kier alpha value is -0.120. The average Bonchev–Trinajstić information content (AvgIpc) is 2.73. The van der Waals surface area contributed by atoms with Crippen molar-refractivity contribution >= 4 is 0 Å². The zero-order valence-electron chi connectivity index (χ0n) is 11.1. The summed E-state index contributed by atoms with van der Waals surface area (Å²) in [6.07, 6.45) is 3.37. The monoisotopic (exact) mass is 228 g/mol. The van der Waals surface area contributed by atoms with E-state index in [9.17, 15) is 0 Å². The molecule has 1 fully saturated rings. The summed E-state index contributed by atoms with van der Waals surface area (Å²) < 4.78 is 0. The van der Waals surface area contributed by atoms with E-state index in [0.29, 0.717) is 24.6 Å². The summed E-state index contributed by atoms with van der Waals surface area (Å²) in [6, 6.07) is 1.33. The molecule has 0 aromatic rings. The molecular formula is C13H28N2O. The van der Waals surface area contributed by atoms with Gasteiger partial charge in [-0.1, -0.05) is 13.3 Å². The fraction of sp³-hybridized carbons (Fsp3) is 1.00. The fourth-order valence-electron chi connectivity index (χ4n) is 2.39. The van der Waals surface area contributed by atoms with Gasteiger partial charge in [-0.25, -0.2) is 0 Å². The molecule has 0 radical (unpaired) electrons. The summed E-state index contributed by atoms with van der Waals surface area (Å²) in [4.78, 5) is 2.53. The highest BCUT2D eigenvalue weighted by atomic mass is 16.3. The topological polar surface area (TPSA) is 35.5 Å². The minimum absolute atomic E-state index is 0.322. The maximum Gasteiger partial charge on any atom is 0.0434 e. The van der Waals surface area contributed by atoms with Gasteiger partial charge in [-0.15, -0.1) is 0 Å². The third-order valence-corrected chi connectivity index (χ3v) is 3.76. The molecule has 0 aliphatic carbocycles. The van der Waals surface area contributed by atoms with Crippen LogP contribution in [0.5, 0.6) is 0 Å². The smallest absolute Gasteiger partial charge is 0.0434 e. The van der Waals surface area contributed by atoms with Crippen LogP contribution in [0.25, 0.3) is 0 Å². The molecule has 2 atom stereocenters. The van der Waals surface area contributed by atoms with Gasteiger partial charge in [0.2, 0.25) is 0 Å². The number of aliphatic hydroxyl groups is 1. The van der Waals surface area contributed by atoms with Crippen LogP contribution in [-0.2, 0) is 0 Å². The van der Waals surface area contributed by atoms with E-state index < -0.39 is 0 Å². The Balaban J connectivity index is 2.18. The van der Waals surface area contributed by atoms with Gasteiger partial charge in [0.15, 0.2) is 0 Å². The molecule has 0 aromatic heterocycles. The van der Waals surface area contributed by atoms with Gasteiger partial charge in [-0.3, -0.25) is 4.90 Å². The number of hydrogen-bond acceptors (Lipinski definition) is 3. The largest absolute Gasteiger partial charge is 0.396 e. The SMILES string of the molecule is CCC(CCO)CNC1CCN(C(C)C)C1. The Morgan fingerprint density at radius 2 is 2.19 bits per heavy atom. The number of likely N-dealkylation sites (tertiary alicyclic amines) is 1. The lowest BCUT2D eigenvalue weighted by Crippen LogP contribution is -2.37. The van der Waals surface area contributed by atoms with Crippen LogP contribution < -0.4 is 5.32 Å². The van der Waals surface area contributed by atoms with Crippen LogP contribution in [0.4, 0.5) is 0 Å². The minimum Gasteiger partial charge on any atom is -0.396 e. The van der Waals surface area contributed by atoms with Crippen molar-refractivity contribution in [3.05, 3.63) is 0 Å². The maximum absolute atomic E-state index is 8.94. The fourth-order valence-corrected chi connectivity index (χ4v) is 2.39. The number of nitrogens with zero attached hydrogens (tertiary/aromatic N) is 1. The molecule has 2 N–H and O–H groups in total. The van der Waals surface area contributed by atoms with Crippen LogP contribution in [0.2, 0.25) is 0 Å². The third-order valence-electron chi connectivity index (χ3n) is 3.76. The molecule has 0 saturated carbocycles. The Morgan fingerprint density at radius 3 is 2.69 bits per heavy atom. The van der Waals surface area contributed by atoms with Gasteiger partial charge in [-0.2, -0.15) is 0 Å². The van der Waals surface area contributed by atoms with Crippen LogP contribution in [0, 0.1) is 5.92 Å². The molecule has 0 amide bonds. The van der Waals surface area contributed by atoms with Gasteiger partial charge in [-0.05, 0) is 45.7 Å². The van der Waals surface area contributed by atoms with Crippen LogP contribution >= 0.6 is 0 Å². The van der Waals surface area contributed by atoms with Crippen LogP contribution in [-0.4, -0.2) is 48.3 Å². The molecule has 2 unspecified atom stereocenters. The van der Waals surface area contributed by atoms with E-state index >= 15 is 0 Å². The number of hydrogen-bond donors (Lipinski definition) is 2. The molecule has 0 aromatic carbocycles. The molecule has 0 spiro atoms. The molecular weight excluding hydrogens is 200 g/mol. The molecule has 0 bridgehead atoms. The van der Waals surface area contributed by atoms with Gasteiger partial charge in [0.1, 0.15) is 0 Å². The first kappa shape index (κ1) is 13.9. The quantitative estimate of drug-likeness (QED) is 0.692. The van der Waals surface area contributed by atoms with Crippen molar-refractivity contribution in [2.24, 2.45) is 5.92 Å². The standard InChI is InChI=1S/C13H28N2O/c1-4-12(6-8-16)9-14-13-5-7-15(10-13)11(2)3/h11-14,16H,4-10H2,1-3H3. The second kappa shape index (κ2) is 7.25. The van der Waals surface area contributed by atoms with E-state index in [1.54, 1.807) is 0 Å². The third kappa shape index (κ3) is 4.40. The second-order valence-corrected chi connectivity index (χ2v) is 5.27. The first-order chi connectivity index (χ1) is 7.67. The predicted octanol–water partition coefficient (Wildman–Crippen LogP) is 1.47. The van der Waals surface area contributed by atoms with Gasteiger partial charge < -0.3 is 10.4 Å². The van der Waals surface area contributed by atoms with E-state index in [2.05, 4.69) is 31.0 Å². The van der Waals surface area contributed by atoms with Crippen molar-refractivity contribution in [3.63, 3.8) is 0 Å². The van der Waals surface area contributed by atoms with Crippen LogP contribution in [0.3, 0.4) is 0 Å². The maximum atomic E-state index is 8.94. The number of rotatable bonds is 7. The molecule has 96 valence electrons. The van der Waals surface area contributed by atoms with Crippen molar-refractivity contribution in [1.82, 2.24) is 10.2 Å². The Kier molecular flexibility index (Phi) is 6.32. The zero-order valence-corrected chi connectivity index (χ0v) is 11.1. The van der Waals surface area contributed by atoms with Gasteiger partial charge >= 0.3 is 0 Å². The molecule has 1 aliphatic rings. The van der Waals surface area contributed by atoms with Crippen molar-refractivity contribution in [1.29, 1.82) is 0 Å². The van der Waals surface area contributed by atoms with Gasteiger partial charge in [0.25, 0.3) is 0 Å². The summed E-state index contributed by atoms with van der Waals surface area (Å²) >= 11 is 0. The molecule has 1 aliphatic heterocycles. The predicted molar refractivity (Wildman–Crippen MR) is 68.6 cm³/mol. The lowest BCUT2D eigenvalue weighted by Gasteiger charge is -2.22. The van der Waals surface area contributed by atoms with Gasteiger partial charge in [0.05, 0.1) is 0 Å². The second-order valence-electron chi connectivity index (χ2n) is 5.27. The molecule has 1 heterocycles. The van der Waals surface area contributed by atoms with E-state index in [1.165, 1.54) is 19.5 Å². The first-order valence-electron chi connectivity index (χ1n) is 6.75. The molecule has 16 heavy (non-hydrogen) atoms. The van der Waals surface area contributed by atoms with Gasteiger partial charge in [0, 0.05) is 25.2 Å². The minimum atomic E-state index is 0.322. The van der Waals surface area contributed by atoms with Crippen molar-refractivity contribution in [2.45, 2.75) is 52.1 Å². The van der Waals surface area contributed by atoms with E-state index in [0.717, 1.165) is 19.4 Å². The summed E-state index contributed by atoms with van der Waals surface area (Å²) in [5.74, 6) is 0.637. The highest BCUT2D eigenvalue weighted by Gasteiger charge is 2.23. The highest BCUT2D eigenvalue weighted by molar-refractivity contribution is 4.83. The summed E-state index contributed by atoms with van der Waals surface area (Å²) in [5, 5.41) is 12.6.